The minimum atomic E-state index is -0.161. The average Bonchev–Trinajstić information content (AvgIpc) is 3.11. The van der Waals surface area contributed by atoms with E-state index in [-0.39, 0.29) is 5.97 Å². The van der Waals surface area contributed by atoms with Crippen LogP contribution in [0.25, 0.3) is 0 Å². The van der Waals surface area contributed by atoms with Gasteiger partial charge in [0, 0.05) is 24.1 Å². The summed E-state index contributed by atoms with van der Waals surface area (Å²) in [6.07, 6.45) is 5.80. The number of carbonyl (C=O) groups is 1. The van der Waals surface area contributed by atoms with Gasteiger partial charge in [0.1, 0.15) is 6.54 Å². The first-order chi connectivity index (χ1) is 7.81. The first-order valence-electron chi connectivity index (χ1n) is 5.63. The maximum absolute atomic E-state index is 11.5. The number of anilines is 1. The van der Waals surface area contributed by atoms with Crippen molar-refractivity contribution in [3.63, 3.8) is 0 Å². The van der Waals surface area contributed by atoms with Crippen LogP contribution in [0.5, 0.6) is 0 Å². The minimum absolute atomic E-state index is 0.161. The normalized spacial score (nSPS) is 14.6. The molecule has 0 atom stereocenters. The first kappa shape index (κ1) is 10.9. The lowest BCUT2D eigenvalue weighted by Crippen LogP contribution is -2.32. The van der Waals surface area contributed by atoms with Gasteiger partial charge in [0.2, 0.25) is 0 Å². The lowest BCUT2D eigenvalue weighted by Gasteiger charge is -2.23. The van der Waals surface area contributed by atoms with E-state index in [1.54, 1.807) is 12.4 Å². The molecular formula is C12H16N2O2. The molecule has 0 bridgehead atoms. The molecule has 1 aromatic heterocycles. The second kappa shape index (κ2) is 4.96. The summed E-state index contributed by atoms with van der Waals surface area (Å²) >= 11 is 0. The van der Waals surface area contributed by atoms with Crippen molar-refractivity contribution in [2.75, 3.05) is 18.1 Å². The summed E-state index contributed by atoms with van der Waals surface area (Å²) in [6.45, 7) is 2.60. The number of esters is 1. The summed E-state index contributed by atoms with van der Waals surface area (Å²) in [5, 5.41) is 0. The Labute approximate surface area is 95.2 Å². The van der Waals surface area contributed by atoms with Crippen molar-refractivity contribution in [3.8, 4) is 0 Å². The van der Waals surface area contributed by atoms with Gasteiger partial charge in [-0.2, -0.15) is 0 Å². The quantitative estimate of drug-likeness (QED) is 0.707. The number of ether oxygens (including phenoxy) is 1. The number of hydrogen-bond acceptors (Lipinski definition) is 4. The van der Waals surface area contributed by atoms with Gasteiger partial charge < -0.3 is 9.64 Å². The van der Waals surface area contributed by atoms with Gasteiger partial charge >= 0.3 is 5.97 Å². The molecule has 4 heteroatoms. The average molecular weight is 220 g/mol. The van der Waals surface area contributed by atoms with E-state index >= 15 is 0 Å². The van der Waals surface area contributed by atoms with Gasteiger partial charge in [-0.1, -0.05) is 0 Å². The third-order valence-corrected chi connectivity index (χ3v) is 2.59. The Balaban J connectivity index is 2.03. The highest BCUT2D eigenvalue weighted by atomic mass is 16.5. The van der Waals surface area contributed by atoms with Crippen LogP contribution in [-0.2, 0) is 9.53 Å². The lowest BCUT2D eigenvalue weighted by atomic mass is 10.3. The van der Waals surface area contributed by atoms with Crippen molar-refractivity contribution >= 4 is 11.7 Å². The molecule has 86 valence electrons. The van der Waals surface area contributed by atoms with E-state index in [2.05, 4.69) is 9.88 Å². The number of carbonyl (C=O) groups excluding carboxylic acids is 1. The number of nitrogens with zero attached hydrogens (tertiary/aromatic N) is 2. The zero-order valence-electron chi connectivity index (χ0n) is 9.43. The molecule has 16 heavy (non-hydrogen) atoms. The molecule has 4 nitrogen and oxygen atoms in total. The van der Waals surface area contributed by atoms with Crippen molar-refractivity contribution in [3.05, 3.63) is 24.5 Å². The number of pyridine rings is 1. The number of rotatable bonds is 5. The zero-order valence-corrected chi connectivity index (χ0v) is 9.43. The van der Waals surface area contributed by atoms with Gasteiger partial charge in [0.25, 0.3) is 0 Å². The molecule has 0 aromatic carbocycles. The van der Waals surface area contributed by atoms with E-state index in [4.69, 9.17) is 4.74 Å². The van der Waals surface area contributed by atoms with Crippen LogP contribution in [0.15, 0.2) is 24.5 Å². The number of aromatic nitrogens is 1. The van der Waals surface area contributed by atoms with E-state index in [9.17, 15) is 4.79 Å². The molecule has 0 spiro atoms. The van der Waals surface area contributed by atoms with Gasteiger partial charge in [0.05, 0.1) is 6.61 Å². The SMILES string of the molecule is CCOC(=O)CN(c1ccncc1)C1CC1. The smallest absolute Gasteiger partial charge is 0.325 e. The molecule has 1 aliphatic carbocycles. The first-order valence-corrected chi connectivity index (χ1v) is 5.63. The van der Waals surface area contributed by atoms with Gasteiger partial charge in [0.15, 0.2) is 0 Å². The Bertz CT molecular complexity index is 349. The second-order valence-corrected chi connectivity index (χ2v) is 3.87. The molecule has 0 saturated heterocycles. The molecule has 1 aromatic rings. The van der Waals surface area contributed by atoms with Crippen molar-refractivity contribution < 1.29 is 9.53 Å². The fraction of sp³-hybridized carbons (Fsp3) is 0.500. The third kappa shape index (κ3) is 2.72. The largest absolute Gasteiger partial charge is 0.465 e. The predicted molar refractivity (Wildman–Crippen MR) is 61.2 cm³/mol. The summed E-state index contributed by atoms with van der Waals surface area (Å²) in [6, 6.07) is 4.35. The summed E-state index contributed by atoms with van der Waals surface area (Å²) in [7, 11) is 0. The summed E-state index contributed by atoms with van der Waals surface area (Å²) in [4.78, 5) is 17.6. The Morgan fingerprint density at radius 1 is 1.50 bits per heavy atom. The van der Waals surface area contributed by atoms with Gasteiger partial charge in [-0.05, 0) is 31.9 Å². The zero-order chi connectivity index (χ0) is 11.4. The summed E-state index contributed by atoms with van der Waals surface area (Å²) < 4.78 is 4.98. The minimum Gasteiger partial charge on any atom is -0.465 e. The maximum atomic E-state index is 11.5. The van der Waals surface area contributed by atoms with Gasteiger partial charge in [-0.3, -0.25) is 9.78 Å². The van der Waals surface area contributed by atoms with Crippen molar-refractivity contribution in [1.82, 2.24) is 4.98 Å². The second-order valence-electron chi connectivity index (χ2n) is 3.87. The standard InChI is InChI=1S/C12H16N2O2/c1-2-16-12(15)9-14(10-3-4-10)11-5-7-13-8-6-11/h5-8,10H,2-4,9H2,1H3. The van der Waals surface area contributed by atoms with E-state index in [0.29, 0.717) is 19.2 Å². The molecule has 1 saturated carbocycles. The molecule has 2 rings (SSSR count). The van der Waals surface area contributed by atoms with E-state index < -0.39 is 0 Å². The van der Waals surface area contributed by atoms with Gasteiger partial charge in [-0.15, -0.1) is 0 Å². The van der Waals surface area contributed by atoms with Crippen LogP contribution < -0.4 is 4.90 Å². The molecule has 0 radical (unpaired) electrons. The fourth-order valence-electron chi connectivity index (χ4n) is 1.70. The Kier molecular flexibility index (Phi) is 3.39. The molecule has 0 N–H and O–H groups in total. The molecular weight excluding hydrogens is 204 g/mol. The number of hydrogen-bond donors (Lipinski definition) is 0. The Hall–Kier alpha value is -1.58. The van der Waals surface area contributed by atoms with Crippen LogP contribution >= 0.6 is 0 Å². The highest BCUT2D eigenvalue weighted by Crippen LogP contribution is 2.30. The van der Waals surface area contributed by atoms with Crippen molar-refractivity contribution in [2.24, 2.45) is 0 Å². The van der Waals surface area contributed by atoms with Crippen molar-refractivity contribution in [1.29, 1.82) is 0 Å². The lowest BCUT2D eigenvalue weighted by molar-refractivity contribution is -0.141. The Morgan fingerprint density at radius 3 is 2.75 bits per heavy atom. The highest BCUT2D eigenvalue weighted by Gasteiger charge is 2.30. The molecule has 0 aliphatic heterocycles. The Morgan fingerprint density at radius 2 is 2.19 bits per heavy atom. The maximum Gasteiger partial charge on any atom is 0.325 e. The van der Waals surface area contributed by atoms with Crippen LogP contribution in [0.4, 0.5) is 5.69 Å². The van der Waals surface area contributed by atoms with E-state index in [1.165, 1.54) is 0 Å². The molecule has 1 heterocycles. The van der Waals surface area contributed by atoms with Crippen LogP contribution in [0.2, 0.25) is 0 Å². The fourth-order valence-corrected chi connectivity index (χ4v) is 1.70. The van der Waals surface area contributed by atoms with Gasteiger partial charge in [-0.25, -0.2) is 0 Å². The monoisotopic (exact) mass is 220 g/mol. The van der Waals surface area contributed by atoms with Crippen LogP contribution in [0, 0.1) is 0 Å². The third-order valence-electron chi connectivity index (χ3n) is 2.59. The predicted octanol–water partition coefficient (Wildman–Crippen LogP) is 1.61. The highest BCUT2D eigenvalue weighted by molar-refractivity contribution is 5.76. The molecule has 1 fully saturated rings. The molecule has 1 aliphatic rings. The van der Waals surface area contributed by atoms with Crippen LogP contribution in [-0.4, -0.2) is 30.1 Å². The molecule has 0 unspecified atom stereocenters. The van der Waals surface area contributed by atoms with Crippen LogP contribution in [0.3, 0.4) is 0 Å². The van der Waals surface area contributed by atoms with E-state index in [0.717, 1.165) is 18.5 Å². The van der Waals surface area contributed by atoms with E-state index in [1.807, 2.05) is 19.1 Å². The summed E-state index contributed by atoms with van der Waals surface area (Å²) in [5.74, 6) is -0.161. The topological polar surface area (TPSA) is 42.4 Å². The summed E-state index contributed by atoms with van der Waals surface area (Å²) in [5.41, 5.74) is 1.05. The van der Waals surface area contributed by atoms with Crippen molar-refractivity contribution in [2.45, 2.75) is 25.8 Å². The van der Waals surface area contributed by atoms with Crippen LogP contribution in [0.1, 0.15) is 19.8 Å². The molecule has 0 amide bonds.